The van der Waals surface area contributed by atoms with Crippen LogP contribution in [0.2, 0.25) is 0 Å². The zero-order valence-electron chi connectivity index (χ0n) is 11.6. The predicted molar refractivity (Wildman–Crippen MR) is 74.5 cm³/mol. The summed E-state index contributed by atoms with van der Waals surface area (Å²) < 4.78 is 11.2. The van der Waals surface area contributed by atoms with Crippen molar-refractivity contribution in [2.75, 3.05) is 13.2 Å². The van der Waals surface area contributed by atoms with Crippen LogP contribution in [0.25, 0.3) is 0 Å². The molecule has 0 fully saturated rings. The second kappa shape index (κ2) is 8.95. The van der Waals surface area contributed by atoms with Crippen molar-refractivity contribution in [1.82, 2.24) is 5.32 Å². The van der Waals surface area contributed by atoms with Gasteiger partial charge in [-0.25, -0.2) is 0 Å². The average molecular weight is 251 g/mol. The fourth-order valence-corrected chi connectivity index (χ4v) is 1.74. The SMILES string of the molecule is C=CCCCOCc1cc(CNCCC)c(C)o1. The molecule has 0 aliphatic rings. The van der Waals surface area contributed by atoms with Crippen molar-refractivity contribution in [2.24, 2.45) is 0 Å². The first-order chi connectivity index (χ1) is 8.77. The second-order valence-electron chi connectivity index (χ2n) is 4.45. The number of allylic oxidation sites excluding steroid dienone is 1. The molecule has 18 heavy (non-hydrogen) atoms. The summed E-state index contributed by atoms with van der Waals surface area (Å²) in [5, 5.41) is 3.38. The van der Waals surface area contributed by atoms with Gasteiger partial charge in [0.15, 0.2) is 0 Å². The van der Waals surface area contributed by atoms with Crippen molar-refractivity contribution < 1.29 is 9.15 Å². The summed E-state index contributed by atoms with van der Waals surface area (Å²) in [4.78, 5) is 0. The first kappa shape index (κ1) is 15.0. The van der Waals surface area contributed by atoms with Gasteiger partial charge in [-0.3, -0.25) is 0 Å². The van der Waals surface area contributed by atoms with Gasteiger partial charge in [0.25, 0.3) is 0 Å². The van der Waals surface area contributed by atoms with E-state index in [-0.39, 0.29) is 0 Å². The van der Waals surface area contributed by atoms with Gasteiger partial charge in [-0.1, -0.05) is 13.0 Å². The van der Waals surface area contributed by atoms with E-state index in [1.807, 2.05) is 13.0 Å². The Kier molecular flexibility index (Phi) is 7.46. The monoisotopic (exact) mass is 251 g/mol. The van der Waals surface area contributed by atoms with Crippen LogP contribution in [-0.2, 0) is 17.9 Å². The minimum Gasteiger partial charge on any atom is -0.464 e. The van der Waals surface area contributed by atoms with E-state index < -0.39 is 0 Å². The van der Waals surface area contributed by atoms with Gasteiger partial charge in [0, 0.05) is 18.7 Å². The molecule has 0 aliphatic carbocycles. The molecule has 0 unspecified atom stereocenters. The summed E-state index contributed by atoms with van der Waals surface area (Å²) in [6.45, 7) is 11.1. The van der Waals surface area contributed by atoms with Crippen molar-refractivity contribution in [3.05, 3.63) is 35.8 Å². The molecule has 0 aliphatic heterocycles. The van der Waals surface area contributed by atoms with Crippen LogP contribution >= 0.6 is 0 Å². The molecule has 0 bridgehead atoms. The maximum Gasteiger partial charge on any atom is 0.130 e. The Balaban J connectivity index is 2.29. The van der Waals surface area contributed by atoms with Crippen LogP contribution in [0.1, 0.15) is 43.3 Å². The van der Waals surface area contributed by atoms with Crippen LogP contribution in [0.4, 0.5) is 0 Å². The molecule has 1 N–H and O–H groups in total. The zero-order valence-corrected chi connectivity index (χ0v) is 11.6. The summed E-state index contributed by atoms with van der Waals surface area (Å²) in [7, 11) is 0. The van der Waals surface area contributed by atoms with Gasteiger partial charge in [0.1, 0.15) is 18.1 Å². The molecular weight excluding hydrogens is 226 g/mol. The minimum atomic E-state index is 0.561. The molecule has 1 aromatic heterocycles. The number of hydrogen-bond donors (Lipinski definition) is 1. The molecule has 0 radical (unpaired) electrons. The average Bonchev–Trinajstić information content (AvgIpc) is 2.70. The quantitative estimate of drug-likeness (QED) is 0.510. The molecule has 0 amide bonds. The zero-order chi connectivity index (χ0) is 13.2. The van der Waals surface area contributed by atoms with Crippen LogP contribution in [0.3, 0.4) is 0 Å². The van der Waals surface area contributed by atoms with Crippen molar-refractivity contribution in [3.63, 3.8) is 0 Å². The van der Waals surface area contributed by atoms with E-state index in [1.165, 1.54) is 5.56 Å². The Hall–Kier alpha value is -1.06. The Morgan fingerprint density at radius 1 is 1.50 bits per heavy atom. The molecule has 0 saturated heterocycles. The maximum atomic E-state index is 5.67. The van der Waals surface area contributed by atoms with Gasteiger partial charge in [0.05, 0.1) is 0 Å². The number of nitrogens with one attached hydrogen (secondary N) is 1. The molecule has 3 nitrogen and oxygen atoms in total. The molecule has 0 atom stereocenters. The normalized spacial score (nSPS) is 10.8. The van der Waals surface area contributed by atoms with E-state index in [2.05, 4.69) is 24.9 Å². The molecule has 1 aromatic rings. The van der Waals surface area contributed by atoms with Gasteiger partial charge in [-0.05, 0) is 38.8 Å². The largest absolute Gasteiger partial charge is 0.464 e. The van der Waals surface area contributed by atoms with Crippen molar-refractivity contribution in [2.45, 2.75) is 46.3 Å². The molecule has 3 heteroatoms. The van der Waals surface area contributed by atoms with Crippen LogP contribution in [0, 0.1) is 6.92 Å². The third-order valence-corrected chi connectivity index (χ3v) is 2.76. The smallest absolute Gasteiger partial charge is 0.130 e. The van der Waals surface area contributed by atoms with Gasteiger partial charge in [-0.2, -0.15) is 0 Å². The topological polar surface area (TPSA) is 34.4 Å². The van der Waals surface area contributed by atoms with Crippen molar-refractivity contribution in [1.29, 1.82) is 0 Å². The molecule has 102 valence electrons. The first-order valence-corrected chi connectivity index (χ1v) is 6.75. The highest BCUT2D eigenvalue weighted by Crippen LogP contribution is 2.15. The fourth-order valence-electron chi connectivity index (χ4n) is 1.74. The van der Waals surface area contributed by atoms with E-state index in [0.717, 1.165) is 50.5 Å². The second-order valence-corrected chi connectivity index (χ2v) is 4.45. The van der Waals surface area contributed by atoms with Gasteiger partial charge in [-0.15, -0.1) is 6.58 Å². The Labute approximate surface area is 110 Å². The summed E-state index contributed by atoms with van der Waals surface area (Å²) in [6.07, 6.45) is 5.09. The van der Waals surface area contributed by atoms with Crippen LogP contribution in [0.15, 0.2) is 23.1 Å². The van der Waals surface area contributed by atoms with Crippen molar-refractivity contribution in [3.8, 4) is 0 Å². The molecular formula is C15H25NO2. The van der Waals surface area contributed by atoms with Crippen molar-refractivity contribution >= 4 is 0 Å². The minimum absolute atomic E-state index is 0.561. The fraction of sp³-hybridized carbons (Fsp3) is 0.600. The molecule has 1 heterocycles. The highest BCUT2D eigenvalue weighted by Gasteiger charge is 2.06. The molecule has 0 spiro atoms. The highest BCUT2D eigenvalue weighted by molar-refractivity contribution is 5.20. The van der Waals surface area contributed by atoms with Crippen LogP contribution < -0.4 is 5.32 Å². The summed E-state index contributed by atoms with van der Waals surface area (Å²) in [6, 6.07) is 2.09. The van der Waals surface area contributed by atoms with Gasteiger partial charge >= 0.3 is 0 Å². The molecule has 0 aromatic carbocycles. The lowest BCUT2D eigenvalue weighted by Gasteiger charge is -2.00. The van der Waals surface area contributed by atoms with E-state index in [9.17, 15) is 0 Å². The Morgan fingerprint density at radius 2 is 2.33 bits per heavy atom. The predicted octanol–water partition coefficient (Wildman–Crippen LogP) is 3.57. The van der Waals surface area contributed by atoms with E-state index in [1.54, 1.807) is 0 Å². The highest BCUT2D eigenvalue weighted by atomic mass is 16.5. The number of rotatable bonds is 10. The first-order valence-electron chi connectivity index (χ1n) is 6.75. The number of aryl methyl sites for hydroxylation is 1. The molecule has 0 saturated carbocycles. The maximum absolute atomic E-state index is 5.67. The summed E-state index contributed by atoms with van der Waals surface area (Å²) in [5.74, 6) is 1.91. The lowest BCUT2D eigenvalue weighted by molar-refractivity contribution is 0.104. The number of hydrogen-bond acceptors (Lipinski definition) is 3. The number of unbranched alkanes of at least 4 members (excludes halogenated alkanes) is 1. The summed E-state index contributed by atoms with van der Waals surface area (Å²) >= 11 is 0. The standard InChI is InChI=1S/C15H25NO2/c1-4-6-7-9-17-12-15-10-14(13(3)18-15)11-16-8-5-2/h4,10,16H,1,5-9,11-12H2,2-3H3. The van der Waals surface area contributed by atoms with Crippen LogP contribution in [0.5, 0.6) is 0 Å². The lowest BCUT2D eigenvalue weighted by Crippen LogP contribution is -2.13. The number of ether oxygens (including phenoxy) is 1. The van der Waals surface area contributed by atoms with Gasteiger partial charge < -0.3 is 14.5 Å². The number of furan rings is 1. The summed E-state index contributed by atoms with van der Waals surface area (Å²) in [5.41, 5.74) is 1.23. The van der Waals surface area contributed by atoms with Gasteiger partial charge in [0.2, 0.25) is 0 Å². The molecule has 1 rings (SSSR count). The lowest BCUT2D eigenvalue weighted by atomic mass is 10.2. The van der Waals surface area contributed by atoms with E-state index >= 15 is 0 Å². The van der Waals surface area contributed by atoms with E-state index in [4.69, 9.17) is 9.15 Å². The third kappa shape index (κ3) is 5.52. The Morgan fingerprint density at radius 3 is 3.06 bits per heavy atom. The Bertz CT molecular complexity index is 344. The van der Waals surface area contributed by atoms with Crippen LogP contribution in [-0.4, -0.2) is 13.2 Å². The third-order valence-electron chi connectivity index (χ3n) is 2.76. The van der Waals surface area contributed by atoms with E-state index in [0.29, 0.717) is 6.61 Å².